The van der Waals surface area contributed by atoms with Crippen LogP contribution in [0.15, 0.2) is 29.1 Å². The van der Waals surface area contributed by atoms with Crippen LogP contribution >= 0.6 is 0 Å². The molecule has 3 aromatic rings. The lowest BCUT2D eigenvalue weighted by molar-refractivity contribution is -0.384. The molecule has 1 saturated heterocycles. The number of benzene rings is 1. The van der Waals surface area contributed by atoms with E-state index in [-0.39, 0.29) is 22.3 Å². The Balaban J connectivity index is 1.61. The van der Waals surface area contributed by atoms with Gasteiger partial charge in [0.25, 0.3) is 0 Å². The van der Waals surface area contributed by atoms with E-state index in [0.29, 0.717) is 24.6 Å². The number of hydrogen-bond donors (Lipinski definition) is 1. The van der Waals surface area contributed by atoms with Gasteiger partial charge in [-0.15, -0.1) is 0 Å². The van der Waals surface area contributed by atoms with Crippen molar-refractivity contribution < 1.29 is 4.92 Å². The van der Waals surface area contributed by atoms with E-state index < -0.39 is 0 Å². The molecule has 0 aliphatic carbocycles. The molecule has 1 N–H and O–H groups in total. The number of fused-ring (bicyclic) bond motifs is 1. The number of nitro groups is 1. The summed E-state index contributed by atoms with van der Waals surface area (Å²) in [6.45, 7) is 2.92. The third-order valence-electron chi connectivity index (χ3n) is 5.10. The molecular formula is C17H20N6O3. The first-order valence-corrected chi connectivity index (χ1v) is 8.59. The summed E-state index contributed by atoms with van der Waals surface area (Å²) in [4.78, 5) is 28.3. The molecule has 0 saturated carbocycles. The molecule has 0 spiro atoms. The van der Waals surface area contributed by atoms with Crippen molar-refractivity contribution in [3.63, 3.8) is 0 Å². The average Bonchev–Trinajstić information content (AvgIpc) is 3.10. The molecule has 0 radical (unpaired) electrons. The summed E-state index contributed by atoms with van der Waals surface area (Å²) < 4.78 is 3.39. The Labute approximate surface area is 149 Å². The summed E-state index contributed by atoms with van der Waals surface area (Å²) in [5, 5.41) is 15.6. The van der Waals surface area contributed by atoms with Crippen molar-refractivity contribution >= 4 is 22.5 Å². The van der Waals surface area contributed by atoms with Gasteiger partial charge in [0.15, 0.2) is 0 Å². The maximum absolute atomic E-state index is 12.4. The molecule has 4 rings (SSSR count). The molecular weight excluding hydrogens is 336 g/mol. The van der Waals surface area contributed by atoms with Crippen LogP contribution in [0.4, 0.5) is 11.5 Å². The first-order chi connectivity index (χ1) is 12.5. The van der Waals surface area contributed by atoms with Crippen LogP contribution in [0.3, 0.4) is 0 Å². The van der Waals surface area contributed by atoms with Crippen LogP contribution in [0.5, 0.6) is 0 Å². The SMILES string of the molecule is Cc1nn(C)c(N2CCC(n3c(=O)[nH]c4ccccc43)CC2)c1[N+](=O)[O-]. The van der Waals surface area contributed by atoms with Gasteiger partial charge >= 0.3 is 11.4 Å². The monoisotopic (exact) mass is 356 g/mol. The second kappa shape index (κ2) is 6.01. The van der Waals surface area contributed by atoms with Gasteiger partial charge in [0, 0.05) is 26.2 Å². The highest BCUT2D eigenvalue weighted by atomic mass is 16.6. The summed E-state index contributed by atoms with van der Waals surface area (Å²) in [6.07, 6.45) is 1.48. The van der Waals surface area contributed by atoms with E-state index in [2.05, 4.69) is 10.1 Å². The van der Waals surface area contributed by atoms with Crippen LogP contribution in [-0.2, 0) is 7.05 Å². The van der Waals surface area contributed by atoms with Gasteiger partial charge in [-0.1, -0.05) is 12.1 Å². The number of anilines is 1. The summed E-state index contributed by atoms with van der Waals surface area (Å²) in [7, 11) is 1.73. The molecule has 0 bridgehead atoms. The van der Waals surface area contributed by atoms with E-state index in [1.807, 2.05) is 33.7 Å². The van der Waals surface area contributed by atoms with Crippen LogP contribution in [0.2, 0.25) is 0 Å². The largest absolute Gasteiger partial charge is 0.351 e. The molecule has 26 heavy (non-hydrogen) atoms. The van der Waals surface area contributed by atoms with E-state index in [4.69, 9.17) is 0 Å². The zero-order valence-electron chi connectivity index (χ0n) is 14.7. The number of para-hydroxylation sites is 2. The fraction of sp³-hybridized carbons (Fsp3) is 0.412. The third kappa shape index (κ3) is 2.47. The molecule has 1 aromatic carbocycles. The third-order valence-corrected chi connectivity index (χ3v) is 5.10. The van der Waals surface area contributed by atoms with E-state index in [0.717, 1.165) is 23.9 Å². The molecule has 0 unspecified atom stereocenters. The topological polar surface area (TPSA) is 102 Å². The number of piperidine rings is 1. The maximum atomic E-state index is 12.4. The van der Waals surface area contributed by atoms with Crippen LogP contribution in [0.25, 0.3) is 11.0 Å². The van der Waals surface area contributed by atoms with Crippen LogP contribution < -0.4 is 10.6 Å². The quantitative estimate of drug-likeness (QED) is 0.572. The maximum Gasteiger partial charge on any atom is 0.333 e. The van der Waals surface area contributed by atoms with Crippen molar-refractivity contribution in [2.75, 3.05) is 18.0 Å². The predicted molar refractivity (Wildman–Crippen MR) is 97.6 cm³/mol. The van der Waals surface area contributed by atoms with Gasteiger partial charge in [0.05, 0.1) is 16.0 Å². The Morgan fingerprint density at radius 3 is 2.65 bits per heavy atom. The number of imidazole rings is 1. The zero-order chi connectivity index (χ0) is 18.4. The number of H-pyrrole nitrogens is 1. The summed E-state index contributed by atoms with van der Waals surface area (Å²) in [6, 6.07) is 7.72. The Morgan fingerprint density at radius 2 is 1.96 bits per heavy atom. The van der Waals surface area contributed by atoms with E-state index in [1.165, 1.54) is 0 Å². The first kappa shape index (κ1) is 16.4. The highest BCUT2D eigenvalue weighted by Crippen LogP contribution is 2.34. The minimum absolute atomic E-state index is 0.0650. The first-order valence-electron chi connectivity index (χ1n) is 8.59. The highest BCUT2D eigenvalue weighted by Gasteiger charge is 2.32. The number of nitrogens with zero attached hydrogens (tertiary/aromatic N) is 5. The van der Waals surface area contributed by atoms with Gasteiger partial charge in [0.1, 0.15) is 5.69 Å². The molecule has 0 atom stereocenters. The molecule has 1 aliphatic rings. The summed E-state index contributed by atoms with van der Waals surface area (Å²) in [5.41, 5.74) is 2.11. The second-order valence-corrected chi connectivity index (χ2v) is 6.67. The van der Waals surface area contributed by atoms with Crippen molar-refractivity contribution in [1.82, 2.24) is 19.3 Å². The van der Waals surface area contributed by atoms with E-state index in [1.54, 1.807) is 18.7 Å². The summed E-state index contributed by atoms with van der Waals surface area (Å²) in [5.74, 6) is 0.539. The van der Waals surface area contributed by atoms with Crippen LogP contribution in [-0.4, -0.2) is 37.3 Å². The number of aromatic amines is 1. The average molecular weight is 356 g/mol. The standard InChI is InChI=1S/C17H20N6O3/c1-11-15(23(25)26)16(20(2)19-11)21-9-7-12(8-10-21)22-14-6-4-3-5-13(14)18-17(22)24/h3-6,12H,7-10H2,1-2H3,(H,18,24). The molecule has 1 fully saturated rings. The Bertz CT molecular complexity index is 1040. The molecule has 2 aromatic heterocycles. The van der Waals surface area contributed by atoms with Crippen molar-refractivity contribution in [3.8, 4) is 0 Å². The highest BCUT2D eigenvalue weighted by molar-refractivity contribution is 5.75. The number of rotatable bonds is 3. The van der Waals surface area contributed by atoms with Crippen LogP contribution in [0, 0.1) is 17.0 Å². The molecule has 9 heteroatoms. The predicted octanol–water partition coefficient (Wildman–Crippen LogP) is 2.12. The Hall–Kier alpha value is -3.10. The van der Waals surface area contributed by atoms with Crippen molar-refractivity contribution in [2.24, 2.45) is 7.05 Å². The Morgan fingerprint density at radius 1 is 1.27 bits per heavy atom. The molecule has 136 valence electrons. The molecule has 9 nitrogen and oxygen atoms in total. The minimum atomic E-state index is -0.367. The van der Waals surface area contributed by atoms with Crippen molar-refractivity contribution in [3.05, 3.63) is 50.6 Å². The molecule has 1 aliphatic heterocycles. The van der Waals surface area contributed by atoms with Gasteiger partial charge in [-0.2, -0.15) is 5.10 Å². The lowest BCUT2D eigenvalue weighted by atomic mass is 10.0. The fourth-order valence-corrected chi connectivity index (χ4v) is 3.98. The van der Waals surface area contributed by atoms with Gasteiger partial charge in [-0.3, -0.25) is 14.7 Å². The number of aromatic nitrogens is 4. The molecule has 3 heterocycles. The second-order valence-electron chi connectivity index (χ2n) is 6.67. The fourth-order valence-electron chi connectivity index (χ4n) is 3.98. The van der Waals surface area contributed by atoms with Crippen molar-refractivity contribution in [2.45, 2.75) is 25.8 Å². The number of nitrogens with one attached hydrogen (secondary N) is 1. The summed E-state index contributed by atoms with van der Waals surface area (Å²) >= 11 is 0. The van der Waals surface area contributed by atoms with Gasteiger partial charge < -0.3 is 9.88 Å². The van der Waals surface area contributed by atoms with Gasteiger partial charge in [-0.05, 0) is 31.9 Å². The molecule has 0 amide bonds. The normalized spacial score (nSPS) is 15.7. The van der Waals surface area contributed by atoms with Gasteiger partial charge in [-0.25, -0.2) is 9.48 Å². The van der Waals surface area contributed by atoms with Crippen LogP contribution in [0.1, 0.15) is 24.6 Å². The van der Waals surface area contributed by atoms with E-state index in [9.17, 15) is 14.9 Å². The lowest BCUT2D eigenvalue weighted by Crippen LogP contribution is -2.38. The minimum Gasteiger partial charge on any atom is -0.351 e. The van der Waals surface area contributed by atoms with Crippen molar-refractivity contribution in [1.29, 1.82) is 0 Å². The zero-order valence-corrected chi connectivity index (χ0v) is 14.7. The number of aryl methyl sites for hydroxylation is 2. The number of hydrogen-bond acceptors (Lipinski definition) is 5. The smallest absolute Gasteiger partial charge is 0.333 e. The van der Waals surface area contributed by atoms with Gasteiger partial charge in [0.2, 0.25) is 5.82 Å². The Kier molecular flexibility index (Phi) is 3.78. The lowest BCUT2D eigenvalue weighted by Gasteiger charge is -2.33. The van der Waals surface area contributed by atoms with E-state index >= 15 is 0 Å².